The van der Waals surface area contributed by atoms with Gasteiger partial charge in [-0.15, -0.1) is 11.3 Å². The van der Waals surface area contributed by atoms with Crippen molar-refractivity contribution in [2.24, 2.45) is 0 Å². The molecule has 62 valence electrons. The van der Waals surface area contributed by atoms with E-state index in [0.29, 0.717) is 10.3 Å². The van der Waals surface area contributed by atoms with Crippen LogP contribution in [0.5, 0.6) is 0 Å². The van der Waals surface area contributed by atoms with E-state index in [4.69, 9.17) is 18.0 Å². The van der Waals surface area contributed by atoms with Gasteiger partial charge in [-0.1, -0.05) is 12.2 Å². The summed E-state index contributed by atoms with van der Waals surface area (Å²) in [6.45, 7) is 2.01. The molecule has 0 saturated carbocycles. The molecule has 3 nitrogen and oxygen atoms in total. The van der Waals surface area contributed by atoms with Crippen LogP contribution in [0.1, 0.15) is 4.88 Å². The van der Waals surface area contributed by atoms with E-state index in [1.165, 1.54) is 0 Å². The number of aryl methyl sites for hydroxylation is 1. The number of aromatic nitrogens is 2. The van der Waals surface area contributed by atoms with Gasteiger partial charge < -0.3 is 5.73 Å². The smallest absolute Gasteiger partial charge is 0.144 e. The Hall–Kier alpha value is -0.940. The van der Waals surface area contributed by atoms with Gasteiger partial charge in [0.25, 0.3) is 0 Å². The van der Waals surface area contributed by atoms with E-state index in [1.54, 1.807) is 22.0 Å². The van der Waals surface area contributed by atoms with Gasteiger partial charge in [0.2, 0.25) is 0 Å². The molecular weight excluding hydrogens is 190 g/mol. The predicted molar refractivity (Wildman–Crippen MR) is 53.1 cm³/mol. The quantitative estimate of drug-likeness (QED) is 0.657. The molecule has 2 aromatic rings. The van der Waals surface area contributed by atoms with Crippen molar-refractivity contribution in [1.82, 2.24) is 9.61 Å². The van der Waals surface area contributed by atoms with Crippen molar-refractivity contribution in [2.45, 2.75) is 6.92 Å². The van der Waals surface area contributed by atoms with Crippen LogP contribution in [0.2, 0.25) is 0 Å². The van der Waals surface area contributed by atoms with E-state index in [1.807, 2.05) is 13.0 Å². The van der Waals surface area contributed by atoms with E-state index in [-0.39, 0.29) is 0 Å². The van der Waals surface area contributed by atoms with Crippen LogP contribution in [0.25, 0.3) is 4.83 Å². The molecule has 12 heavy (non-hydrogen) atoms. The summed E-state index contributed by atoms with van der Waals surface area (Å²) in [5.41, 5.74) is 6.38. The Kier molecular flexibility index (Phi) is 1.62. The molecule has 0 fully saturated rings. The first-order chi connectivity index (χ1) is 5.68. The van der Waals surface area contributed by atoms with Gasteiger partial charge in [-0.25, -0.2) is 4.52 Å². The fourth-order valence-corrected chi connectivity index (χ4v) is 2.35. The number of anilines is 1. The standard InChI is InChI=1S/C7H7N3S2/c1-4-2-6(11)10-7(12-4)5(8)3-9-10/h2-3H,8H2,1H3. The van der Waals surface area contributed by atoms with Gasteiger partial charge in [0.1, 0.15) is 9.47 Å². The topological polar surface area (TPSA) is 43.3 Å². The molecule has 2 rings (SSSR count). The van der Waals surface area contributed by atoms with E-state index >= 15 is 0 Å². The van der Waals surface area contributed by atoms with Crippen LogP contribution in [0.4, 0.5) is 5.69 Å². The molecule has 0 spiro atoms. The zero-order chi connectivity index (χ0) is 8.72. The van der Waals surface area contributed by atoms with Crippen LogP contribution in [-0.4, -0.2) is 9.61 Å². The van der Waals surface area contributed by atoms with Crippen LogP contribution < -0.4 is 5.73 Å². The molecule has 0 aliphatic heterocycles. The van der Waals surface area contributed by atoms with Crippen molar-refractivity contribution in [1.29, 1.82) is 0 Å². The van der Waals surface area contributed by atoms with Gasteiger partial charge in [0, 0.05) is 4.88 Å². The van der Waals surface area contributed by atoms with Crippen LogP contribution in [0.3, 0.4) is 0 Å². The molecular formula is C7H7N3S2. The summed E-state index contributed by atoms with van der Waals surface area (Å²) >= 11 is 6.70. The molecule has 0 aliphatic carbocycles. The third-order valence-corrected chi connectivity index (χ3v) is 2.88. The Morgan fingerprint density at radius 1 is 1.67 bits per heavy atom. The number of fused-ring (bicyclic) bond motifs is 1. The maximum Gasteiger partial charge on any atom is 0.144 e. The second-order valence-corrected chi connectivity index (χ2v) is 4.17. The molecule has 0 amide bonds. The fourth-order valence-electron chi connectivity index (χ4n) is 1.03. The van der Waals surface area contributed by atoms with Crippen LogP contribution >= 0.6 is 23.6 Å². The minimum Gasteiger partial charge on any atom is -0.395 e. The second-order valence-electron chi connectivity index (χ2n) is 2.51. The lowest BCUT2D eigenvalue weighted by molar-refractivity contribution is 0.954. The van der Waals surface area contributed by atoms with Crippen molar-refractivity contribution in [3.63, 3.8) is 0 Å². The molecule has 0 bridgehead atoms. The monoisotopic (exact) mass is 197 g/mol. The Morgan fingerprint density at radius 2 is 2.42 bits per heavy atom. The second kappa shape index (κ2) is 2.53. The highest BCUT2D eigenvalue weighted by molar-refractivity contribution is 7.71. The summed E-state index contributed by atoms with van der Waals surface area (Å²) in [5.74, 6) is 0. The van der Waals surface area contributed by atoms with E-state index in [2.05, 4.69) is 5.10 Å². The Labute approximate surface area is 78.5 Å². The lowest BCUT2D eigenvalue weighted by atomic mass is 10.5. The van der Waals surface area contributed by atoms with Crippen LogP contribution in [0.15, 0.2) is 12.3 Å². The van der Waals surface area contributed by atoms with Crippen molar-refractivity contribution in [3.05, 3.63) is 21.8 Å². The Bertz CT molecular complexity index is 483. The molecule has 5 heteroatoms. The normalized spacial score (nSPS) is 10.8. The van der Waals surface area contributed by atoms with Gasteiger partial charge in [-0.3, -0.25) is 0 Å². The van der Waals surface area contributed by atoms with Gasteiger partial charge in [-0.05, 0) is 13.0 Å². The Morgan fingerprint density at radius 3 is 3.17 bits per heavy atom. The zero-order valence-corrected chi connectivity index (χ0v) is 8.08. The average molecular weight is 197 g/mol. The van der Waals surface area contributed by atoms with Gasteiger partial charge in [0.05, 0.1) is 11.9 Å². The number of nitrogens with zero attached hydrogens (tertiary/aromatic N) is 2. The average Bonchev–Trinajstić information content (AvgIpc) is 2.33. The zero-order valence-electron chi connectivity index (χ0n) is 6.44. The van der Waals surface area contributed by atoms with Gasteiger partial charge >= 0.3 is 0 Å². The first-order valence-electron chi connectivity index (χ1n) is 3.42. The predicted octanol–water partition coefficient (Wildman–Crippen LogP) is 2.02. The van der Waals surface area contributed by atoms with Gasteiger partial charge in [-0.2, -0.15) is 5.10 Å². The molecule has 2 N–H and O–H groups in total. The number of hydrogen-bond donors (Lipinski definition) is 1. The highest BCUT2D eigenvalue weighted by Gasteiger charge is 2.01. The first-order valence-corrected chi connectivity index (χ1v) is 4.65. The maximum atomic E-state index is 5.69. The van der Waals surface area contributed by atoms with Gasteiger partial charge in [0.15, 0.2) is 0 Å². The molecule has 0 saturated heterocycles. The summed E-state index contributed by atoms with van der Waals surface area (Å²) < 4.78 is 2.39. The van der Waals surface area contributed by atoms with Crippen molar-refractivity contribution >= 4 is 34.1 Å². The molecule has 2 aromatic heterocycles. The minimum absolute atomic E-state index is 0.690. The molecule has 2 heterocycles. The number of nitrogens with two attached hydrogens (primary N) is 1. The fraction of sp³-hybridized carbons (Fsp3) is 0.143. The molecule has 0 unspecified atom stereocenters. The number of rotatable bonds is 0. The summed E-state index contributed by atoms with van der Waals surface area (Å²) in [5, 5.41) is 4.06. The largest absolute Gasteiger partial charge is 0.395 e. The van der Waals surface area contributed by atoms with Crippen molar-refractivity contribution in [3.8, 4) is 0 Å². The first kappa shape index (κ1) is 7.70. The minimum atomic E-state index is 0.690. The number of nitrogen functional groups attached to an aromatic ring is 1. The molecule has 0 aromatic carbocycles. The third kappa shape index (κ3) is 1.02. The van der Waals surface area contributed by atoms with Crippen LogP contribution in [-0.2, 0) is 0 Å². The molecule has 0 aliphatic rings. The Balaban J connectivity index is 3.03. The lowest BCUT2D eigenvalue weighted by Gasteiger charge is -1.94. The highest BCUT2D eigenvalue weighted by atomic mass is 32.1. The van der Waals surface area contributed by atoms with Crippen LogP contribution in [0, 0.1) is 11.6 Å². The summed E-state index contributed by atoms with van der Waals surface area (Å²) in [7, 11) is 0. The molecule has 0 radical (unpaired) electrons. The SMILES string of the molecule is Cc1cc(=S)n2ncc(N)c2s1. The van der Waals surface area contributed by atoms with Crippen molar-refractivity contribution < 1.29 is 0 Å². The summed E-state index contributed by atoms with van der Waals surface area (Å²) in [6.07, 6.45) is 1.63. The van der Waals surface area contributed by atoms with E-state index in [0.717, 1.165) is 9.71 Å². The highest BCUT2D eigenvalue weighted by Crippen LogP contribution is 2.20. The third-order valence-electron chi connectivity index (χ3n) is 1.54. The summed E-state index contributed by atoms with van der Waals surface area (Å²) in [6, 6.07) is 1.92. The number of hydrogen-bond acceptors (Lipinski definition) is 4. The maximum absolute atomic E-state index is 5.69. The summed E-state index contributed by atoms with van der Waals surface area (Å²) in [4.78, 5) is 2.08. The van der Waals surface area contributed by atoms with Crippen molar-refractivity contribution in [2.75, 3.05) is 5.73 Å². The molecule has 0 atom stereocenters. The lowest BCUT2D eigenvalue weighted by Crippen LogP contribution is -1.88. The van der Waals surface area contributed by atoms with E-state index < -0.39 is 0 Å². The van der Waals surface area contributed by atoms with E-state index in [9.17, 15) is 0 Å².